The van der Waals surface area contributed by atoms with Crippen molar-refractivity contribution < 1.29 is 14.3 Å². The minimum atomic E-state index is -0.875. The highest BCUT2D eigenvalue weighted by Crippen LogP contribution is 2.30. The maximum Gasteiger partial charge on any atom is 0.309 e. The van der Waals surface area contributed by atoms with E-state index in [-0.39, 0.29) is 6.42 Å². The lowest BCUT2D eigenvalue weighted by Gasteiger charge is -2.24. The molecule has 0 rings (SSSR count). The van der Waals surface area contributed by atoms with Crippen LogP contribution in [0.4, 0.5) is 4.39 Å². The Morgan fingerprint density at radius 1 is 1.45 bits per heavy atom. The smallest absolute Gasteiger partial charge is 0.309 e. The average molecular weight is 162 g/mol. The molecule has 0 aromatic carbocycles. The van der Waals surface area contributed by atoms with Gasteiger partial charge in [0.15, 0.2) is 0 Å². The molecule has 0 fully saturated rings. The molecule has 0 atom stereocenters. The van der Waals surface area contributed by atoms with Gasteiger partial charge in [-0.1, -0.05) is 13.8 Å². The molecule has 2 nitrogen and oxygen atoms in total. The first-order chi connectivity index (χ1) is 5.13. The number of hydrogen-bond donors (Lipinski definition) is 1. The van der Waals surface area contributed by atoms with Crippen LogP contribution in [0.1, 0.15) is 33.1 Å². The van der Waals surface area contributed by atoms with Crippen LogP contribution in [-0.2, 0) is 4.79 Å². The van der Waals surface area contributed by atoms with E-state index < -0.39 is 18.1 Å². The second-order valence-electron chi connectivity index (χ2n) is 2.73. The molecule has 0 heterocycles. The predicted octanol–water partition coefficient (Wildman–Crippen LogP) is 2.24. The van der Waals surface area contributed by atoms with Crippen LogP contribution in [0.3, 0.4) is 0 Å². The minimum absolute atomic E-state index is 0.134. The Labute approximate surface area is 66.4 Å². The van der Waals surface area contributed by atoms with Crippen LogP contribution in [-0.4, -0.2) is 17.8 Å². The highest BCUT2D eigenvalue weighted by Gasteiger charge is 2.33. The molecule has 0 aliphatic rings. The van der Waals surface area contributed by atoms with Crippen LogP contribution >= 0.6 is 0 Å². The molecule has 0 bridgehead atoms. The molecule has 3 heteroatoms. The van der Waals surface area contributed by atoms with E-state index in [4.69, 9.17) is 5.11 Å². The molecule has 1 N–H and O–H groups in total. The van der Waals surface area contributed by atoms with E-state index >= 15 is 0 Å². The van der Waals surface area contributed by atoms with E-state index in [2.05, 4.69) is 0 Å². The van der Waals surface area contributed by atoms with Crippen molar-refractivity contribution in [2.24, 2.45) is 5.41 Å². The standard InChI is InChI=1S/C8H15FO2/c1-3-8(4-2,5-6-9)7(10)11/h3-6H2,1-2H3,(H,10,11). The predicted molar refractivity (Wildman–Crippen MR) is 41.2 cm³/mol. The fraction of sp³-hybridized carbons (Fsp3) is 0.875. The van der Waals surface area contributed by atoms with Crippen LogP contribution < -0.4 is 0 Å². The first-order valence-corrected chi connectivity index (χ1v) is 3.92. The summed E-state index contributed by atoms with van der Waals surface area (Å²) in [6.07, 6.45) is 1.14. The van der Waals surface area contributed by atoms with E-state index in [0.29, 0.717) is 12.8 Å². The number of alkyl halides is 1. The summed E-state index contributed by atoms with van der Waals surface area (Å²) < 4.78 is 12.0. The lowest BCUT2D eigenvalue weighted by atomic mass is 9.80. The Bertz CT molecular complexity index is 130. The average Bonchev–Trinajstić information content (AvgIpc) is 2.00. The van der Waals surface area contributed by atoms with Crippen LogP contribution in [0, 0.1) is 5.41 Å². The van der Waals surface area contributed by atoms with Gasteiger partial charge in [0.25, 0.3) is 0 Å². The maximum absolute atomic E-state index is 12.0. The highest BCUT2D eigenvalue weighted by atomic mass is 19.1. The van der Waals surface area contributed by atoms with Gasteiger partial charge in [0.05, 0.1) is 12.1 Å². The molecule has 66 valence electrons. The quantitative estimate of drug-likeness (QED) is 0.673. The summed E-state index contributed by atoms with van der Waals surface area (Å²) in [5.41, 5.74) is -0.825. The summed E-state index contributed by atoms with van der Waals surface area (Å²) in [5, 5.41) is 8.79. The van der Waals surface area contributed by atoms with Gasteiger partial charge in [0, 0.05) is 0 Å². The van der Waals surface area contributed by atoms with Crippen molar-refractivity contribution in [3.63, 3.8) is 0 Å². The SMILES string of the molecule is CCC(CC)(CCF)C(=O)O. The summed E-state index contributed by atoms with van der Waals surface area (Å²) >= 11 is 0. The third kappa shape index (κ3) is 2.17. The Balaban J connectivity index is 4.32. The van der Waals surface area contributed by atoms with Gasteiger partial charge in [-0.05, 0) is 19.3 Å². The first-order valence-electron chi connectivity index (χ1n) is 3.92. The van der Waals surface area contributed by atoms with Crippen molar-refractivity contribution in [2.45, 2.75) is 33.1 Å². The van der Waals surface area contributed by atoms with Gasteiger partial charge in [-0.15, -0.1) is 0 Å². The summed E-state index contributed by atoms with van der Waals surface area (Å²) in [6.45, 7) is 3.02. The maximum atomic E-state index is 12.0. The molecule has 0 aromatic rings. The first kappa shape index (κ1) is 10.4. The van der Waals surface area contributed by atoms with E-state index in [1.165, 1.54) is 0 Å². The lowest BCUT2D eigenvalue weighted by molar-refractivity contribution is -0.150. The Morgan fingerprint density at radius 2 is 1.91 bits per heavy atom. The Hall–Kier alpha value is -0.600. The zero-order valence-electron chi connectivity index (χ0n) is 7.06. The van der Waals surface area contributed by atoms with Crippen molar-refractivity contribution in [2.75, 3.05) is 6.67 Å². The normalized spacial score (nSPS) is 11.5. The van der Waals surface area contributed by atoms with Crippen molar-refractivity contribution in [1.82, 2.24) is 0 Å². The van der Waals surface area contributed by atoms with Crippen molar-refractivity contribution >= 4 is 5.97 Å². The van der Waals surface area contributed by atoms with Gasteiger partial charge in [0.1, 0.15) is 0 Å². The highest BCUT2D eigenvalue weighted by molar-refractivity contribution is 5.74. The molecule has 0 spiro atoms. The second kappa shape index (κ2) is 4.31. The molecule has 0 saturated heterocycles. The fourth-order valence-corrected chi connectivity index (χ4v) is 1.19. The van der Waals surface area contributed by atoms with E-state index in [9.17, 15) is 9.18 Å². The molecule has 11 heavy (non-hydrogen) atoms. The third-order valence-corrected chi connectivity index (χ3v) is 2.38. The number of hydrogen-bond acceptors (Lipinski definition) is 1. The topological polar surface area (TPSA) is 37.3 Å². The van der Waals surface area contributed by atoms with Gasteiger partial charge < -0.3 is 5.11 Å². The second-order valence-corrected chi connectivity index (χ2v) is 2.73. The van der Waals surface area contributed by atoms with Crippen molar-refractivity contribution in [3.8, 4) is 0 Å². The molecular weight excluding hydrogens is 147 g/mol. The number of rotatable bonds is 5. The van der Waals surface area contributed by atoms with E-state index in [0.717, 1.165) is 0 Å². The van der Waals surface area contributed by atoms with E-state index in [1.54, 1.807) is 13.8 Å². The van der Waals surface area contributed by atoms with Crippen LogP contribution in [0.2, 0.25) is 0 Å². The molecule has 0 aromatic heterocycles. The molecule has 0 amide bonds. The third-order valence-electron chi connectivity index (χ3n) is 2.38. The molecule has 0 unspecified atom stereocenters. The molecule has 0 saturated carbocycles. The van der Waals surface area contributed by atoms with Gasteiger partial charge in [-0.25, -0.2) is 0 Å². The zero-order chi connectivity index (χ0) is 8.91. The Morgan fingerprint density at radius 3 is 2.00 bits per heavy atom. The molecule has 0 aliphatic carbocycles. The minimum Gasteiger partial charge on any atom is -0.481 e. The Kier molecular flexibility index (Phi) is 4.08. The number of carbonyl (C=O) groups is 1. The largest absolute Gasteiger partial charge is 0.481 e. The van der Waals surface area contributed by atoms with Crippen LogP contribution in [0.25, 0.3) is 0 Å². The molecule has 0 aliphatic heterocycles. The van der Waals surface area contributed by atoms with Crippen molar-refractivity contribution in [3.05, 3.63) is 0 Å². The van der Waals surface area contributed by atoms with Gasteiger partial charge >= 0.3 is 5.97 Å². The van der Waals surface area contributed by atoms with Crippen LogP contribution in [0.5, 0.6) is 0 Å². The van der Waals surface area contributed by atoms with Gasteiger partial charge in [-0.3, -0.25) is 9.18 Å². The lowest BCUT2D eigenvalue weighted by Crippen LogP contribution is -2.30. The van der Waals surface area contributed by atoms with Crippen molar-refractivity contribution in [1.29, 1.82) is 0 Å². The number of halogens is 1. The van der Waals surface area contributed by atoms with Gasteiger partial charge in [0.2, 0.25) is 0 Å². The zero-order valence-corrected chi connectivity index (χ0v) is 7.06. The summed E-state index contributed by atoms with van der Waals surface area (Å²) in [6, 6.07) is 0. The summed E-state index contributed by atoms with van der Waals surface area (Å²) in [7, 11) is 0. The number of aliphatic carboxylic acids is 1. The molecule has 0 radical (unpaired) electrons. The fourth-order valence-electron chi connectivity index (χ4n) is 1.19. The van der Waals surface area contributed by atoms with E-state index in [1.807, 2.05) is 0 Å². The summed E-state index contributed by atoms with van der Waals surface area (Å²) in [5.74, 6) is -0.875. The van der Waals surface area contributed by atoms with Crippen LogP contribution in [0.15, 0.2) is 0 Å². The van der Waals surface area contributed by atoms with Gasteiger partial charge in [-0.2, -0.15) is 0 Å². The number of carboxylic acids is 1. The number of carboxylic acid groups (broad SMARTS) is 1. The summed E-state index contributed by atoms with van der Waals surface area (Å²) in [4.78, 5) is 10.7. The molecular formula is C8H15FO2. The monoisotopic (exact) mass is 162 g/mol.